The molecule has 3 rings (SSSR count). The third-order valence-corrected chi connectivity index (χ3v) is 6.15. The molecule has 0 bridgehead atoms. The lowest BCUT2D eigenvalue weighted by atomic mass is 9.95. The summed E-state index contributed by atoms with van der Waals surface area (Å²) in [5, 5.41) is 3.85. The molecule has 1 aliphatic rings. The van der Waals surface area contributed by atoms with Crippen LogP contribution in [-0.4, -0.2) is 35.2 Å². The van der Waals surface area contributed by atoms with E-state index in [0.29, 0.717) is 0 Å². The highest BCUT2D eigenvalue weighted by molar-refractivity contribution is 7.90. The second-order valence-corrected chi connectivity index (χ2v) is 8.41. The monoisotopic (exact) mass is 368 g/mol. The molecule has 2 heterocycles. The van der Waals surface area contributed by atoms with E-state index < -0.39 is 9.84 Å². The number of aryl methyl sites for hydroxylation is 1. The van der Waals surface area contributed by atoms with Gasteiger partial charge in [0.15, 0.2) is 5.82 Å². The van der Waals surface area contributed by atoms with Crippen molar-refractivity contribution in [2.45, 2.75) is 69.5 Å². The average molecular weight is 368 g/mol. The van der Waals surface area contributed by atoms with Crippen molar-refractivity contribution in [3.05, 3.63) is 23.1 Å². The van der Waals surface area contributed by atoms with Crippen LogP contribution in [0.2, 0.25) is 0 Å². The van der Waals surface area contributed by atoms with Crippen molar-refractivity contribution in [2.75, 3.05) is 7.11 Å². The van der Waals surface area contributed by atoms with Crippen LogP contribution in [0.1, 0.15) is 61.2 Å². The van der Waals surface area contributed by atoms with Gasteiger partial charge in [0, 0.05) is 18.8 Å². The van der Waals surface area contributed by atoms with E-state index in [1.54, 1.807) is 0 Å². The maximum absolute atomic E-state index is 13.0. The number of methoxy groups -OCH3 is 1. The quantitative estimate of drug-likeness (QED) is 0.772. The molecule has 1 fully saturated rings. The number of ether oxygens (including phenoxy) is 1. The molecule has 9 heteroatoms. The minimum atomic E-state index is -3.67. The van der Waals surface area contributed by atoms with Crippen LogP contribution in [0.5, 0.6) is 0 Å². The predicted octanol–water partition coefficient (Wildman–Crippen LogP) is 2.51. The van der Waals surface area contributed by atoms with Gasteiger partial charge < -0.3 is 13.8 Å². The Morgan fingerprint density at radius 1 is 1.20 bits per heavy atom. The normalized spacial score (nSPS) is 16.4. The van der Waals surface area contributed by atoms with Crippen molar-refractivity contribution in [1.29, 1.82) is 0 Å². The number of hydrogen-bond donors (Lipinski definition) is 0. The first-order valence-corrected chi connectivity index (χ1v) is 10.2. The number of imidazole rings is 1. The maximum Gasteiger partial charge on any atom is 0.252 e. The van der Waals surface area contributed by atoms with E-state index >= 15 is 0 Å². The molecule has 0 atom stereocenters. The summed E-state index contributed by atoms with van der Waals surface area (Å²) in [6.45, 7) is 3.93. The predicted molar refractivity (Wildman–Crippen MR) is 89.7 cm³/mol. The first-order chi connectivity index (χ1) is 11.9. The largest absolute Gasteiger partial charge is 0.375 e. The zero-order valence-corrected chi connectivity index (χ0v) is 15.7. The Balaban J connectivity index is 1.92. The standard InChI is InChI=1S/C16H24N4O4S/c1-11-12(2)20(13-7-5-4-6-8-13)16(17-11)25(21,22)10-14-18-15(9-23-3)24-19-14/h13H,4-10H2,1-3H3. The number of aromatic nitrogens is 4. The summed E-state index contributed by atoms with van der Waals surface area (Å²) in [6.07, 6.45) is 5.41. The van der Waals surface area contributed by atoms with E-state index in [2.05, 4.69) is 15.1 Å². The van der Waals surface area contributed by atoms with Crippen LogP contribution in [-0.2, 0) is 26.9 Å². The molecule has 0 aromatic carbocycles. The number of rotatable bonds is 6. The Morgan fingerprint density at radius 3 is 2.60 bits per heavy atom. The van der Waals surface area contributed by atoms with Gasteiger partial charge in [0.25, 0.3) is 5.89 Å². The van der Waals surface area contributed by atoms with Gasteiger partial charge in [0.2, 0.25) is 15.0 Å². The van der Waals surface area contributed by atoms with E-state index in [-0.39, 0.29) is 35.3 Å². The van der Waals surface area contributed by atoms with Gasteiger partial charge >= 0.3 is 0 Å². The molecule has 0 saturated heterocycles. The molecule has 0 aliphatic heterocycles. The van der Waals surface area contributed by atoms with E-state index in [9.17, 15) is 8.42 Å². The first kappa shape index (κ1) is 18.1. The lowest BCUT2D eigenvalue weighted by Crippen LogP contribution is -2.20. The van der Waals surface area contributed by atoms with E-state index in [1.165, 1.54) is 13.5 Å². The lowest BCUT2D eigenvalue weighted by Gasteiger charge is -2.25. The summed E-state index contributed by atoms with van der Waals surface area (Å²) in [6, 6.07) is 0.189. The number of hydrogen-bond acceptors (Lipinski definition) is 7. The Hall–Kier alpha value is -1.74. The Kier molecular flexibility index (Phi) is 5.24. The second kappa shape index (κ2) is 7.25. The summed E-state index contributed by atoms with van der Waals surface area (Å²) in [5.74, 6) is 0.0549. The second-order valence-electron chi connectivity index (χ2n) is 6.52. The van der Waals surface area contributed by atoms with Gasteiger partial charge in [-0.3, -0.25) is 0 Å². The van der Waals surface area contributed by atoms with Gasteiger partial charge in [-0.05, 0) is 26.7 Å². The molecule has 1 aliphatic carbocycles. The van der Waals surface area contributed by atoms with Crippen molar-refractivity contribution >= 4 is 9.84 Å². The Labute approximate surface area is 147 Å². The van der Waals surface area contributed by atoms with Gasteiger partial charge in [0.05, 0.1) is 5.69 Å². The minimum Gasteiger partial charge on any atom is -0.375 e. The molecular weight excluding hydrogens is 344 g/mol. The molecular formula is C16H24N4O4S. The molecule has 25 heavy (non-hydrogen) atoms. The lowest BCUT2D eigenvalue weighted by molar-refractivity contribution is 0.151. The Bertz CT molecular complexity index is 834. The van der Waals surface area contributed by atoms with Gasteiger partial charge in [-0.1, -0.05) is 24.4 Å². The fourth-order valence-corrected chi connectivity index (χ4v) is 4.80. The molecule has 2 aromatic heterocycles. The van der Waals surface area contributed by atoms with Crippen LogP contribution in [0.3, 0.4) is 0 Å². The zero-order chi connectivity index (χ0) is 18.0. The smallest absolute Gasteiger partial charge is 0.252 e. The SMILES string of the molecule is COCc1nc(CS(=O)(=O)c2nc(C)c(C)n2C2CCCCC2)no1. The van der Waals surface area contributed by atoms with Gasteiger partial charge in [-0.25, -0.2) is 13.4 Å². The molecule has 8 nitrogen and oxygen atoms in total. The van der Waals surface area contributed by atoms with Crippen LogP contribution < -0.4 is 0 Å². The first-order valence-electron chi connectivity index (χ1n) is 8.51. The summed E-state index contributed by atoms with van der Waals surface area (Å²) in [5.41, 5.74) is 1.66. The van der Waals surface area contributed by atoms with Crippen molar-refractivity contribution in [3.8, 4) is 0 Å². The van der Waals surface area contributed by atoms with Gasteiger partial charge in [-0.2, -0.15) is 4.98 Å². The summed E-state index contributed by atoms with van der Waals surface area (Å²) >= 11 is 0. The van der Waals surface area contributed by atoms with Crippen LogP contribution in [0.4, 0.5) is 0 Å². The van der Waals surface area contributed by atoms with Gasteiger partial charge in [-0.15, -0.1) is 0 Å². The number of sulfone groups is 1. The molecule has 1 saturated carbocycles. The summed E-state index contributed by atoms with van der Waals surface area (Å²) < 4.78 is 37.7. The van der Waals surface area contributed by atoms with E-state index in [0.717, 1.165) is 37.1 Å². The average Bonchev–Trinajstić information content (AvgIpc) is 3.13. The molecule has 0 N–H and O–H groups in total. The molecule has 0 radical (unpaired) electrons. The number of nitrogens with zero attached hydrogens (tertiary/aromatic N) is 4. The van der Waals surface area contributed by atoms with Crippen LogP contribution >= 0.6 is 0 Å². The van der Waals surface area contributed by atoms with E-state index in [1.807, 2.05) is 18.4 Å². The topological polar surface area (TPSA) is 100 Å². The van der Waals surface area contributed by atoms with Crippen molar-refractivity contribution < 1.29 is 17.7 Å². The van der Waals surface area contributed by atoms with Crippen molar-refractivity contribution in [1.82, 2.24) is 19.7 Å². The summed E-state index contributed by atoms with van der Waals surface area (Å²) in [7, 11) is -2.16. The minimum absolute atomic E-state index is 0.118. The Morgan fingerprint density at radius 2 is 1.92 bits per heavy atom. The van der Waals surface area contributed by atoms with Crippen LogP contribution in [0.25, 0.3) is 0 Å². The summed E-state index contributed by atoms with van der Waals surface area (Å²) in [4.78, 5) is 8.42. The van der Waals surface area contributed by atoms with Crippen LogP contribution in [0.15, 0.2) is 9.68 Å². The highest BCUT2D eigenvalue weighted by atomic mass is 32.2. The third kappa shape index (κ3) is 3.77. The van der Waals surface area contributed by atoms with Gasteiger partial charge in [0.1, 0.15) is 12.4 Å². The fraction of sp³-hybridized carbons (Fsp3) is 0.688. The highest BCUT2D eigenvalue weighted by Crippen LogP contribution is 2.33. The third-order valence-electron chi connectivity index (χ3n) is 4.67. The zero-order valence-electron chi connectivity index (χ0n) is 14.9. The van der Waals surface area contributed by atoms with Crippen LogP contribution in [0, 0.1) is 13.8 Å². The molecule has 0 spiro atoms. The maximum atomic E-state index is 13.0. The fourth-order valence-electron chi connectivity index (χ4n) is 3.35. The molecule has 0 unspecified atom stereocenters. The molecule has 2 aromatic rings. The molecule has 0 amide bonds. The van der Waals surface area contributed by atoms with Crippen molar-refractivity contribution in [2.24, 2.45) is 0 Å². The van der Waals surface area contributed by atoms with Crippen molar-refractivity contribution in [3.63, 3.8) is 0 Å². The van der Waals surface area contributed by atoms with E-state index in [4.69, 9.17) is 9.26 Å². The highest BCUT2D eigenvalue weighted by Gasteiger charge is 2.30. The molecule has 138 valence electrons.